The molecule has 0 saturated carbocycles. The number of H-pyrrole nitrogens is 1. The van der Waals surface area contributed by atoms with Gasteiger partial charge in [-0.25, -0.2) is 9.97 Å². The van der Waals surface area contributed by atoms with E-state index in [0.29, 0.717) is 0 Å². The van der Waals surface area contributed by atoms with Crippen LogP contribution < -0.4 is 5.32 Å². The lowest BCUT2D eigenvalue weighted by atomic mass is 10.3. The topological polar surface area (TPSA) is 56.8 Å². The van der Waals surface area contributed by atoms with Gasteiger partial charge in [-0.05, 0) is 46.5 Å². The van der Waals surface area contributed by atoms with Gasteiger partial charge >= 0.3 is 0 Å². The van der Waals surface area contributed by atoms with Crippen LogP contribution in [0.3, 0.4) is 0 Å². The number of nitrogens with one attached hydrogen (secondary N) is 2. The van der Waals surface area contributed by atoms with E-state index in [1.165, 1.54) is 6.42 Å². The SMILES string of the molecule is Cc1cc2c(NCCCCN(C)C)ncnc2[nH]1. The Morgan fingerprint density at radius 2 is 2.11 bits per heavy atom. The number of unbranched alkanes of at least 4 members (excludes halogenated alkanes) is 1. The molecule has 98 valence electrons. The zero-order valence-electron chi connectivity index (χ0n) is 11.3. The number of aromatic amines is 1. The Balaban J connectivity index is 1.91. The van der Waals surface area contributed by atoms with Crippen LogP contribution in [0.1, 0.15) is 18.5 Å². The Bertz CT molecular complexity index is 503. The average molecular weight is 247 g/mol. The smallest absolute Gasteiger partial charge is 0.143 e. The average Bonchev–Trinajstić information content (AvgIpc) is 2.69. The number of anilines is 1. The summed E-state index contributed by atoms with van der Waals surface area (Å²) in [4.78, 5) is 13.9. The van der Waals surface area contributed by atoms with Crippen LogP contribution in [0, 0.1) is 6.92 Å². The number of hydrogen-bond acceptors (Lipinski definition) is 4. The molecule has 0 spiro atoms. The minimum atomic E-state index is 0.901. The highest BCUT2D eigenvalue weighted by Gasteiger charge is 2.05. The molecule has 0 saturated heterocycles. The van der Waals surface area contributed by atoms with Gasteiger partial charge in [-0.2, -0.15) is 0 Å². The molecule has 5 nitrogen and oxygen atoms in total. The number of nitrogens with zero attached hydrogens (tertiary/aromatic N) is 3. The van der Waals surface area contributed by atoms with Gasteiger partial charge in [-0.15, -0.1) is 0 Å². The molecule has 0 aromatic carbocycles. The Labute approximate surface area is 108 Å². The maximum atomic E-state index is 4.30. The van der Waals surface area contributed by atoms with E-state index in [2.05, 4.69) is 45.3 Å². The van der Waals surface area contributed by atoms with Crippen molar-refractivity contribution in [3.05, 3.63) is 18.1 Å². The van der Waals surface area contributed by atoms with Crippen molar-refractivity contribution in [1.29, 1.82) is 0 Å². The Kier molecular flexibility index (Phi) is 4.15. The van der Waals surface area contributed by atoms with Crippen LogP contribution in [-0.4, -0.2) is 47.0 Å². The summed E-state index contributed by atoms with van der Waals surface area (Å²) in [5.74, 6) is 0.925. The molecule has 0 atom stereocenters. The van der Waals surface area contributed by atoms with Crippen molar-refractivity contribution in [3.8, 4) is 0 Å². The first-order valence-corrected chi connectivity index (χ1v) is 6.36. The van der Waals surface area contributed by atoms with Gasteiger partial charge in [0.2, 0.25) is 0 Å². The fraction of sp³-hybridized carbons (Fsp3) is 0.538. The van der Waals surface area contributed by atoms with Gasteiger partial charge in [-0.1, -0.05) is 0 Å². The fourth-order valence-electron chi connectivity index (χ4n) is 1.97. The van der Waals surface area contributed by atoms with Crippen molar-refractivity contribution in [2.75, 3.05) is 32.5 Å². The summed E-state index contributed by atoms with van der Waals surface area (Å²) in [6.07, 6.45) is 3.94. The molecule has 0 radical (unpaired) electrons. The van der Waals surface area contributed by atoms with Gasteiger partial charge in [0.1, 0.15) is 17.8 Å². The molecule has 0 aliphatic heterocycles. The highest BCUT2D eigenvalue weighted by molar-refractivity contribution is 5.87. The molecule has 0 bridgehead atoms. The van der Waals surface area contributed by atoms with E-state index in [1.807, 2.05) is 6.92 Å². The summed E-state index contributed by atoms with van der Waals surface area (Å²) in [7, 11) is 4.20. The molecule has 2 aromatic heterocycles. The Hall–Kier alpha value is -1.62. The number of aryl methyl sites for hydroxylation is 1. The summed E-state index contributed by atoms with van der Waals surface area (Å²) in [5, 5.41) is 4.46. The minimum absolute atomic E-state index is 0.901. The molecular weight excluding hydrogens is 226 g/mol. The number of fused-ring (bicyclic) bond motifs is 1. The number of rotatable bonds is 6. The summed E-state index contributed by atoms with van der Waals surface area (Å²) in [6, 6.07) is 2.08. The lowest BCUT2D eigenvalue weighted by Gasteiger charge is -2.09. The number of aromatic nitrogens is 3. The zero-order chi connectivity index (χ0) is 13.0. The van der Waals surface area contributed by atoms with Crippen molar-refractivity contribution < 1.29 is 0 Å². The molecule has 0 fully saturated rings. The predicted molar refractivity (Wildman–Crippen MR) is 74.9 cm³/mol. The van der Waals surface area contributed by atoms with Crippen molar-refractivity contribution in [3.63, 3.8) is 0 Å². The minimum Gasteiger partial charge on any atom is -0.369 e. The highest BCUT2D eigenvalue weighted by Crippen LogP contribution is 2.19. The van der Waals surface area contributed by atoms with Crippen LogP contribution in [0.2, 0.25) is 0 Å². The standard InChI is InChI=1S/C13H21N5/c1-10-8-11-12(15-9-16-13(11)17-10)14-6-4-5-7-18(2)3/h8-9H,4-7H2,1-3H3,(H2,14,15,16,17). The summed E-state index contributed by atoms with van der Waals surface area (Å²) in [6.45, 7) is 4.11. The third-order valence-corrected chi connectivity index (χ3v) is 2.88. The molecule has 0 aliphatic rings. The van der Waals surface area contributed by atoms with Crippen LogP contribution in [0.5, 0.6) is 0 Å². The molecule has 18 heavy (non-hydrogen) atoms. The van der Waals surface area contributed by atoms with E-state index in [9.17, 15) is 0 Å². The summed E-state index contributed by atoms with van der Waals surface area (Å²) < 4.78 is 0. The first-order chi connectivity index (χ1) is 8.66. The highest BCUT2D eigenvalue weighted by atomic mass is 15.1. The second kappa shape index (κ2) is 5.82. The maximum absolute atomic E-state index is 4.30. The second-order valence-electron chi connectivity index (χ2n) is 4.87. The van der Waals surface area contributed by atoms with Gasteiger partial charge in [-0.3, -0.25) is 0 Å². The van der Waals surface area contributed by atoms with Gasteiger partial charge in [0, 0.05) is 12.2 Å². The van der Waals surface area contributed by atoms with E-state index in [0.717, 1.165) is 42.1 Å². The van der Waals surface area contributed by atoms with E-state index >= 15 is 0 Å². The van der Waals surface area contributed by atoms with Crippen LogP contribution in [0.15, 0.2) is 12.4 Å². The Morgan fingerprint density at radius 1 is 1.28 bits per heavy atom. The molecule has 0 amide bonds. The molecule has 2 heterocycles. The zero-order valence-corrected chi connectivity index (χ0v) is 11.3. The van der Waals surface area contributed by atoms with Crippen molar-refractivity contribution in [2.24, 2.45) is 0 Å². The van der Waals surface area contributed by atoms with Crippen LogP contribution in [-0.2, 0) is 0 Å². The lowest BCUT2D eigenvalue weighted by molar-refractivity contribution is 0.396. The molecule has 5 heteroatoms. The molecule has 2 N–H and O–H groups in total. The molecular formula is C13H21N5. The predicted octanol–water partition coefficient (Wildman–Crippen LogP) is 2.02. The van der Waals surface area contributed by atoms with E-state index in [4.69, 9.17) is 0 Å². The van der Waals surface area contributed by atoms with Gasteiger partial charge in [0.15, 0.2) is 0 Å². The van der Waals surface area contributed by atoms with Gasteiger partial charge < -0.3 is 15.2 Å². The van der Waals surface area contributed by atoms with Crippen LogP contribution in [0.4, 0.5) is 5.82 Å². The molecule has 2 aromatic rings. The van der Waals surface area contributed by atoms with Crippen molar-refractivity contribution in [1.82, 2.24) is 19.9 Å². The van der Waals surface area contributed by atoms with Crippen LogP contribution >= 0.6 is 0 Å². The largest absolute Gasteiger partial charge is 0.369 e. The second-order valence-corrected chi connectivity index (χ2v) is 4.87. The fourth-order valence-corrected chi connectivity index (χ4v) is 1.97. The molecule has 0 aliphatic carbocycles. The lowest BCUT2D eigenvalue weighted by Crippen LogP contribution is -2.14. The first kappa shape index (κ1) is 12.8. The summed E-state index contributed by atoms with van der Waals surface area (Å²) in [5.41, 5.74) is 2.01. The monoisotopic (exact) mass is 247 g/mol. The van der Waals surface area contributed by atoms with Gasteiger partial charge in [0.25, 0.3) is 0 Å². The van der Waals surface area contributed by atoms with Gasteiger partial charge in [0.05, 0.1) is 5.39 Å². The summed E-state index contributed by atoms with van der Waals surface area (Å²) >= 11 is 0. The third kappa shape index (κ3) is 3.20. The Morgan fingerprint density at radius 3 is 2.89 bits per heavy atom. The quantitative estimate of drug-likeness (QED) is 0.767. The van der Waals surface area contributed by atoms with E-state index < -0.39 is 0 Å². The third-order valence-electron chi connectivity index (χ3n) is 2.88. The van der Waals surface area contributed by atoms with E-state index in [-0.39, 0.29) is 0 Å². The molecule has 2 rings (SSSR count). The maximum Gasteiger partial charge on any atom is 0.143 e. The normalized spacial score (nSPS) is 11.3. The van der Waals surface area contributed by atoms with E-state index in [1.54, 1.807) is 6.33 Å². The molecule has 0 unspecified atom stereocenters. The van der Waals surface area contributed by atoms with Crippen LogP contribution in [0.25, 0.3) is 11.0 Å². The van der Waals surface area contributed by atoms with Crippen molar-refractivity contribution in [2.45, 2.75) is 19.8 Å². The first-order valence-electron chi connectivity index (χ1n) is 6.36. The number of hydrogen-bond donors (Lipinski definition) is 2. The van der Waals surface area contributed by atoms with Crippen molar-refractivity contribution >= 4 is 16.9 Å².